The van der Waals surface area contributed by atoms with Crippen LogP contribution in [-0.2, 0) is 23.8 Å². The van der Waals surface area contributed by atoms with Crippen LogP contribution in [0.5, 0.6) is 0 Å². The molecule has 0 amide bonds. The summed E-state index contributed by atoms with van der Waals surface area (Å²) in [6.07, 6.45) is 12.7. The first-order valence-corrected chi connectivity index (χ1v) is 12.1. The van der Waals surface area contributed by atoms with Gasteiger partial charge in [0.1, 0.15) is 5.60 Å². The van der Waals surface area contributed by atoms with E-state index in [1.165, 1.54) is 5.57 Å². The molecular formula is C26H36O5. The molecule has 31 heavy (non-hydrogen) atoms. The standard InChI is InChI=1S/C26H36O5/c1-5-30-22(27)19-15-26(31-23(19)28)13-10-21-18-7-6-16-14-17(29-4)8-11-24(16,2)20(18)9-12-25(21,26)3/h6,14,18-21H,5,7-13,15H2,1-4H3/t18-,19-,20-,21+,24-,25-,26+/m0/s1. The average Bonchev–Trinajstić information content (AvgIpc) is 3.24. The topological polar surface area (TPSA) is 61.8 Å². The minimum absolute atomic E-state index is 0.0605. The Hall–Kier alpha value is -1.78. The molecule has 5 aliphatic rings. The zero-order valence-corrected chi connectivity index (χ0v) is 19.4. The normalized spacial score (nSPS) is 45.7. The Morgan fingerprint density at radius 1 is 1.19 bits per heavy atom. The zero-order valence-electron chi connectivity index (χ0n) is 19.4. The van der Waals surface area contributed by atoms with Crippen molar-refractivity contribution < 1.29 is 23.8 Å². The molecule has 0 bridgehead atoms. The monoisotopic (exact) mass is 428 g/mol. The summed E-state index contributed by atoms with van der Waals surface area (Å²) in [6, 6.07) is 0. The molecule has 5 rings (SSSR count). The van der Waals surface area contributed by atoms with E-state index in [1.54, 1.807) is 14.0 Å². The van der Waals surface area contributed by atoms with Gasteiger partial charge in [-0.3, -0.25) is 9.59 Å². The second kappa shape index (κ2) is 7.11. The van der Waals surface area contributed by atoms with E-state index >= 15 is 0 Å². The van der Waals surface area contributed by atoms with Gasteiger partial charge in [-0.2, -0.15) is 0 Å². The van der Waals surface area contributed by atoms with Gasteiger partial charge < -0.3 is 14.2 Å². The lowest BCUT2D eigenvalue weighted by molar-refractivity contribution is -0.169. The lowest BCUT2D eigenvalue weighted by atomic mass is 9.47. The predicted molar refractivity (Wildman–Crippen MR) is 116 cm³/mol. The maximum Gasteiger partial charge on any atom is 0.321 e. The van der Waals surface area contributed by atoms with Gasteiger partial charge in [-0.1, -0.05) is 19.9 Å². The van der Waals surface area contributed by atoms with Crippen molar-refractivity contribution in [2.45, 2.75) is 77.7 Å². The molecule has 0 unspecified atom stereocenters. The Morgan fingerprint density at radius 3 is 2.71 bits per heavy atom. The molecule has 3 fully saturated rings. The second-order valence-electron chi connectivity index (χ2n) is 10.9. The van der Waals surface area contributed by atoms with Crippen molar-refractivity contribution in [1.29, 1.82) is 0 Å². The molecule has 1 saturated heterocycles. The van der Waals surface area contributed by atoms with Gasteiger partial charge in [-0.15, -0.1) is 0 Å². The summed E-state index contributed by atoms with van der Waals surface area (Å²) in [7, 11) is 1.77. The Morgan fingerprint density at radius 2 is 1.97 bits per heavy atom. The predicted octanol–water partition coefficient (Wildman–Crippen LogP) is 4.95. The Bertz CT molecular complexity index is 858. The number of esters is 2. The van der Waals surface area contributed by atoms with Crippen molar-refractivity contribution in [3.05, 3.63) is 23.5 Å². The van der Waals surface area contributed by atoms with Crippen LogP contribution >= 0.6 is 0 Å². The minimum Gasteiger partial charge on any atom is -0.501 e. The fourth-order valence-electron chi connectivity index (χ4n) is 8.20. The molecule has 1 aliphatic heterocycles. The first-order valence-electron chi connectivity index (χ1n) is 12.1. The average molecular weight is 429 g/mol. The van der Waals surface area contributed by atoms with Crippen LogP contribution in [0.2, 0.25) is 0 Å². The van der Waals surface area contributed by atoms with E-state index in [0.717, 1.165) is 50.7 Å². The summed E-state index contributed by atoms with van der Waals surface area (Å²) in [4.78, 5) is 25.1. The number of carbonyl (C=O) groups excluding carboxylic acids is 2. The van der Waals surface area contributed by atoms with Gasteiger partial charge in [0.15, 0.2) is 5.92 Å². The van der Waals surface area contributed by atoms with Crippen LogP contribution in [0.4, 0.5) is 0 Å². The molecule has 0 aromatic heterocycles. The summed E-state index contributed by atoms with van der Waals surface area (Å²) in [5, 5.41) is 0. The number of hydrogen-bond donors (Lipinski definition) is 0. The number of carbonyl (C=O) groups is 2. The molecular weight excluding hydrogens is 392 g/mol. The van der Waals surface area contributed by atoms with Crippen LogP contribution in [0.25, 0.3) is 0 Å². The maximum absolute atomic E-state index is 12.7. The zero-order chi connectivity index (χ0) is 22.0. The number of rotatable bonds is 3. The van der Waals surface area contributed by atoms with Crippen molar-refractivity contribution in [3.63, 3.8) is 0 Å². The molecule has 1 heterocycles. The molecule has 2 saturated carbocycles. The van der Waals surface area contributed by atoms with Crippen LogP contribution in [0.3, 0.4) is 0 Å². The van der Waals surface area contributed by atoms with Gasteiger partial charge in [-0.25, -0.2) is 0 Å². The van der Waals surface area contributed by atoms with Crippen molar-refractivity contribution in [2.24, 2.45) is 34.5 Å². The van der Waals surface area contributed by atoms with E-state index in [2.05, 4.69) is 26.0 Å². The molecule has 0 aromatic carbocycles. The van der Waals surface area contributed by atoms with Crippen molar-refractivity contribution in [2.75, 3.05) is 13.7 Å². The molecule has 5 heteroatoms. The Kier molecular flexibility index (Phi) is 4.84. The van der Waals surface area contributed by atoms with Crippen LogP contribution in [0.1, 0.15) is 72.1 Å². The number of hydrogen-bond acceptors (Lipinski definition) is 5. The highest BCUT2D eigenvalue weighted by atomic mass is 16.6. The van der Waals surface area contributed by atoms with E-state index < -0.39 is 17.5 Å². The van der Waals surface area contributed by atoms with E-state index in [4.69, 9.17) is 14.2 Å². The van der Waals surface area contributed by atoms with Crippen molar-refractivity contribution in [1.82, 2.24) is 0 Å². The molecule has 170 valence electrons. The SMILES string of the molecule is CCOC(=O)[C@@H]1C[C@@]2(CC[C@@H]3[C@H]4CC=C5C=C(OC)CC[C@]5(C)[C@H]4CC[C@@]32C)OC1=O. The second-order valence-corrected chi connectivity index (χ2v) is 10.9. The highest BCUT2D eigenvalue weighted by Gasteiger charge is 2.69. The van der Waals surface area contributed by atoms with E-state index in [0.29, 0.717) is 30.8 Å². The highest BCUT2D eigenvalue weighted by molar-refractivity contribution is 5.96. The lowest BCUT2D eigenvalue weighted by Gasteiger charge is -2.58. The van der Waals surface area contributed by atoms with Crippen molar-refractivity contribution >= 4 is 11.9 Å². The third-order valence-corrected chi connectivity index (χ3v) is 9.97. The summed E-state index contributed by atoms with van der Waals surface area (Å²) in [5.41, 5.74) is 1.11. The van der Waals surface area contributed by atoms with E-state index in [-0.39, 0.29) is 16.8 Å². The largest absolute Gasteiger partial charge is 0.501 e. The highest BCUT2D eigenvalue weighted by Crippen LogP contribution is 2.69. The summed E-state index contributed by atoms with van der Waals surface area (Å²) in [6.45, 7) is 6.88. The van der Waals surface area contributed by atoms with Gasteiger partial charge in [-0.05, 0) is 80.3 Å². The summed E-state index contributed by atoms with van der Waals surface area (Å²) in [5.74, 6) is 1.38. The van der Waals surface area contributed by atoms with Crippen LogP contribution < -0.4 is 0 Å². The maximum atomic E-state index is 12.7. The minimum atomic E-state index is -0.750. The smallest absolute Gasteiger partial charge is 0.321 e. The third-order valence-electron chi connectivity index (χ3n) is 9.97. The van der Waals surface area contributed by atoms with Gasteiger partial charge in [0.05, 0.1) is 19.5 Å². The van der Waals surface area contributed by atoms with Crippen LogP contribution in [-0.4, -0.2) is 31.3 Å². The van der Waals surface area contributed by atoms with E-state index in [9.17, 15) is 9.59 Å². The molecule has 0 radical (unpaired) electrons. The number of ether oxygens (including phenoxy) is 3. The van der Waals surface area contributed by atoms with Crippen molar-refractivity contribution in [3.8, 4) is 0 Å². The quantitative estimate of drug-likeness (QED) is 0.470. The molecule has 0 aromatic rings. The van der Waals surface area contributed by atoms with Gasteiger partial charge in [0.25, 0.3) is 0 Å². The Labute approximate surface area is 185 Å². The fourth-order valence-corrected chi connectivity index (χ4v) is 8.20. The molecule has 7 atom stereocenters. The summed E-state index contributed by atoms with van der Waals surface area (Å²) < 4.78 is 16.9. The summed E-state index contributed by atoms with van der Waals surface area (Å²) >= 11 is 0. The molecule has 1 spiro atoms. The van der Waals surface area contributed by atoms with Gasteiger partial charge in [0, 0.05) is 18.3 Å². The van der Waals surface area contributed by atoms with Gasteiger partial charge >= 0.3 is 11.9 Å². The first kappa shape index (κ1) is 21.1. The third kappa shape index (κ3) is 2.80. The van der Waals surface area contributed by atoms with E-state index in [1.807, 2.05) is 0 Å². The fraction of sp³-hybridized carbons (Fsp3) is 0.769. The number of fused-ring (bicyclic) bond motifs is 6. The molecule has 0 N–H and O–H groups in total. The number of allylic oxidation sites excluding steroid dienone is 4. The van der Waals surface area contributed by atoms with Crippen LogP contribution in [0.15, 0.2) is 23.5 Å². The molecule has 5 nitrogen and oxygen atoms in total. The number of methoxy groups -OCH3 is 1. The lowest BCUT2D eigenvalue weighted by Crippen LogP contribution is -2.54. The first-order chi connectivity index (χ1) is 14.8. The Balaban J connectivity index is 1.43. The van der Waals surface area contributed by atoms with Gasteiger partial charge in [0.2, 0.25) is 0 Å². The van der Waals surface area contributed by atoms with Crippen LogP contribution in [0, 0.1) is 34.5 Å². The molecule has 4 aliphatic carbocycles.